The molecule has 1 N–H and O–H groups in total. The maximum atomic E-state index is 12.9. The van der Waals surface area contributed by atoms with E-state index in [0.717, 1.165) is 45.1 Å². The zero-order chi connectivity index (χ0) is 23.1. The van der Waals surface area contributed by atoms with Crippen LogP contribution in [0.2, 0.25) is 5.02 Å². The van der Waals surface area contributed by atoms with E-state index < -0.39 is 0 Å². The lowest BCUT2D eigenvalue weighted by Crippen LogP contribution is -2.44. The van der Waals surface area contributed by atoms with E-state index in [-0.39, 0.29) is 17.9 Å². The molecule has 0 spiro atoms. The van der Waals surface area contributed by atoms with Crippen molar-refractivity contribution in [3.63, 3.8) is 0 Å². The minimum atomic E-state index is -0.0414. The molecular formula is C25H26ClN5O2. The Labute approximate surface area is 197 Å². The highest BCUT2D eigenvalue weighted by atomic mass is 35.5. The lowest BCUT2D eigenvalue weighted by molar-refractivity contribution is -0.122. The third kappa shape index (κ3) is 4.09. The Kier molecular flexibility index (Phi) is 5.58. The first-order valence-corrected chi connectivity index (χ1v) is 11.5. The molecule has 3 aromatic rings. The number of aromatic nitrogens is 2. The van der Waals surface area contributed by atoms with Crippen molar-refractivity contribution < 1.29 is 9.59 Å². The second-order valence-corrected chi connectivity index (χ2v) is 9.18. The fourth-order valence-corrected chi connectivity index (χ4v) is 5.11. The normalized spacial score (nSPS) is 18.3. The molecule has 1 aromatic heterocycles. The largest absolute Gasteiger partial charge is 0.355 e. The van der Waals surface area contributed by atoms with Crippen LogP contribution in [0.4, 0.5) is 10.5 Å². The van der Waals surface area contributed by atoms with E-state index in [2.05, 4.69) is 16.5 Å². The minimum Gasteiger partial charge on any atom is -0.355 e. The van der Waals surface area contributed by atoms with Gasteiger partial charge in [0.1, 0.15) is 0 Å². The summed E-state index contributed by atoms with van der Waals surface area (Å²) in [5.74, 6) is 0.313. The quantitative estimate of drug-likeness (QED) is 0.626. The number of fused-ring (bicyclic) bond motifs is 1. The average Bonchev–Trinajstić information content (AvgIpc) is 3.22. The number of amides is 3. The Bertz CT molecular complexity index is 1230. The van der Waals surface area contributed by atoms with E-state index in [4.69, 9.17) is 11.6 Å². The molecule has 170 valence electrons. The fourth-order valence-electron chi connectivity index (χ4n) is 4.72. The molecule has 5 rings (SSSR count). The number of rotatable bonds is 4. The van der Waals surface area contributed by atoms with Crippen LogP contribution in [0.25, 0.3) is 11.1 Å². The van der Waals surface area contributed by atoms with E-state index in [1.54, 1.807) is 14.5 Å². The summed E-state index contributed by atoms with van der Waals surface area (Å²) in [7, 11) is 3.68. The maximum Gasteiger partial charge on any atom is 0.324 e. The summed E-state index contributed by atoms with van der Waals surface area (Å²) >= 11 is 6.89. The number of aryl methyl sites for hydroxylation is 1. The predicted octanol–water partition coefficient (Wildman–Crippen LogP) is 4.31. The van der Waals surface area contributed by atoms with Gasteiger partial charge in [0, 0.05) is 51.3 Å². The molecule has 3 amide bonds. The number of nitrogens with one attached hydrogen (secondary N) is 1. The van der Waals surface area contributed by atoms with Gasteiger partial charge in [-0.05, 0) is 41.3 Å². The van der Waals surface area contributed by atoms with Crippen molar-refractivity contribution in [1.82, 2.24) is 20.0 Å². The summed E-state index contributed by atoms with van der Waals surface area (Å²) in [4.78, 5) is 28.0. The van der Waals surface area contributed by atoms with Gasteiger partial charge in [0.05, 0.1) is 22.9 Å². The van der Waals surface area contributed by atoms with Crippen molar-refractivity contribution in [2.75, 3.05) is 18.5 Å². The Balaban J connectivity index is 1.48. The van der Waals surface area contributed by atoms with E-state index in [0.29, 0.717) is 26.1 Å². The van der Waals surface area contributed by atoms with Crippen LogP contribution in [0.1, 0.15) is 35.6 Å². The Morgan fingerprint density at radius 3 is 2.73 bits per heavy atom. The second-order valence-electron chi connectivity index (χ2n) is 8.80. The number of carbonyl (C=O) groups is 2. The average molecular weight is 464 g/mol. The van der Waals surface area contributed by atoms with E-state index in [9.17, 15) is 9.59 Å². The summed E-state index contributed by atoms with van der Waals surface area (Å²) < 4.78 is 1.74. The van der Waals surface area contributed by atoms with Crippen LogP contribution < -0.4 is 10.2 Å². The number of anilines is 1. The van der Waals surface area contributed by atoms with Crippen LogP contribution >= 0.6 is 11.6 Å². The smallest absolute Gasteiger partial charge is 0.324 e. The number of urea groups is 1. The molecule has 1 saturated heterocycles. The third-order valence-corrected chi connectivity index (χ3v) is 6.89. The monoisotopic (exact) mass is 463 g/mol. The molecule has 33 heavy (non-hydrogen) atoms. The molecule has 0 aliphatic carbocycles. The first-order valence-electron chi connectivity index (χ1n) is 11.1. The van der Waals surface area contributed by atoms with Gasteiger partial charge in [0.15, 0.2) is 0 Å². The topological polar surface area (TPSA) is 70.5 Å². The Morgan fingerprint density at radius 1 is 1.15 bits per heavy atom. The Morgan fingerprint density at radius 2 is 2.00 bits per heavy atom. The summed E-state index contributed by atoms with van der Waals surface area (Å²) in [5.41, 5.74) is 5.85. The molecule has 8 heteroatoms. The minimum absolute atomic E-state index is 0.0414. The van der Waals surface area contributed by atoms with Crippen molar-refractivity contribution in [3.8, 4) is 11.1 Å². The van der Waals surface area contributed by atoms with Gasteiger partial charge in [0.2, 0.25) is 5.91 Å². The van der Waals surface area contributed by atoms with Crippen LogP contribution in [0.5, 0.6) is 0 Å². The van der Waals surface area contributed by atoms with Crippen LogP contribution in [0.3, 0.4) is 0 Å². The standard InChI is InChI=1S/C25H26ClN5O2/c1-29-14-18-12-16(6-8-22(18)31(25(29)33)15-19-10-11-30(2)28-19)20-4-3-5-21(24(20)26)17-7-9-23(32)27-13-17/h3-6,8,10-12,17H,7,9,13-15H2,1-2H3,(H,27,32). The van der Waals surface area contributed by atoms with Crippen molar-refractivity contribution >= 4 is 29.2 Å². The van der Waals surface area contributed by atoms with Crippen molar-refractivity contribution in [3.05, 3.63) is 70.5 Å². The van der Waals surface area contributed by atoms with Gasteiger partial charge in [0.25, 0.3) is 0 Å². The number of hydrogen-bond donors (Lipinski definition) is 1. The van der Waals surface area contributed by atoms with Gasteiger partial charge in [-0.1, -0.05) is 35.9 Å². The van der Waals surface area contributed by atoms with Gasteiger partial charge < -0.3 is 10.2 Å². The van der Waals surface area contributed by atoms with Gasteiger partial charge in [-0.2, -0.15) is 5.10 Å². The number of nitrogens with zero attached hydrogens (tertiary/aromatic N) is 4. The summed E-state index contributed by atoms with van der Waals surface area (Å²) in [6, 6.07) is 14.1. The lowest BCUT2D eigenvalue weighted by Gasteiger charge is -2.35. The zero-order valence-electron chi connectivity index (χ0n) is 18.7. The lowest BCUT2D eigenvalue weighted by atomic mass is 9.89. The van der Waals surface area contributed by atoms with E-state index in [1.807, 2.05) is 56.7 Å². The van der Waals surface area contributed by atoms with Crippen molar-refractivity contribution in [1.29, 1.82) is 0 Å². The molecule has 1 unspecified atom stereocenters. The molecule has 1 atom stereocenters. The molecule has 7 nitrogen and oxygen atoms in total. The third-order valence-electron chi connectivity index (χ3n) is 6.47. The second kappa shape index (κ2) is 8.56. The molecular weight excluding hydrogens is 438 g/mol. The van der Waals surface area contributed by atoms with Crippen LogP contribution in [-0.4, -0.2) is 40.2 Å². The maximum absolute atomic E-state index is 12.9. The fraction of sp³-hybridized carbons (Fsp3) is 0.320. The van der Waals surface area contributed by atoms with Crippen LogP contribution in [0, 0.1) is 0 Å². The number of halogens is 1. The molecule has 0 bridgehead atoms. The zero-order valence-corrected chi connectivity index (χ0v) is 19.5. The number of hydrogen-bond acceptors (Lipinski definition) is 3. The van der Waals surface area contributed by atoms with Crippen molar-refractivity contribution in [2.24, 2.45) is 7.05 Å². The first kappa shape index (κ1) is 21.5. The van der Waals surface area contributed by atoms with Gasteiger partial charge >= 0.3 is 6.03 Å². The summed E-state index contributed by atoms with van der Waals surface area (Å²) in [5, 5.41) is 8.11. The van der Waals surface area contributed by atoms with Gasteiger partial charge in [-0.15, -0.1) is 0 Å². The number of carbonyl (C=O) groups excluding carboxylic acids is 2. The molecule has 0 radical (unpaired) electrons. The van der Waals surface area contributed by atoms with E-state index in [1.165, 1.54) is 0 Å². The molecule has 2 aliphatic rings. The number of benzene rings is 2. The number of piperidine rings is 1. The highest BCUT2D eigenvalue weighted by Crippen LogP contribution is 2.39. The molecule has 2 aromatic carbocycles. The highest BCUT2D eigenvalue weighted by Gasteiger charge is 2.29. The molecule has 2 aliphatic heterocycles. The highest BCUT2D eigenvalue weighted by molar-refractivity contribution is 6.34. The molecule has 3 heterocycles. The van der Waals surface area contributed by atoms with Crippen LogP contribution in [-0.2, 0) is 24.9 Å². The van der Waals surface area contributed by atoms with Gasteiger partial charge in [-0.25, -0.2) is 4.79 Å². The van der Waals surface area contributed by atoms with Crippen LogP contribution in [0.15, 0.2) is 48.7 Å². The predicted molar refractivity (Wildman–Crippen MR) is 128 cm³/mol. The first-order chi connectivity index (χ1) is 15.9. The van der Waals surface area contributed by atoms with Crippen molar-refractivity contribution in [2.45, 2.75) is 31.8 Å². The summed E-state index contributed by atoms with van der Waals surface area (Å²) in [6.45, 7) is 1.56. The summed E-state index contributed by atoms with van der Waals surface area (Å²) in [6.07, 6.45) is 3.20. The van der Waals surface area contributed by atoms with Gasteiger partial charge in [-0.3, -0.25) is 14.4 Å². The Hall–Kier alpha value is -3.32. The molecule has 1 fully saturated rings. The SMILES string of the molecule is CN1Cc2cc(-c3cccc(C4CCC(=O)NC4)c3Cl)ccc2N(Cc2ccn(C)n2)C1=O. The van der Waals surface area contributed by atoms with E-state index >= 15 is 0 Å². The molecule has 0 saturated carbocycles.